The number of pyridine rings is 1. The van der Waals surface area contributed by atoms with Crippen LogP contribution in [-0.4, -0.2) is 28.9 Å². The highest BCUT2D eigenvalue weighted by atomic mass is 35.5. The number of benzene rings is 1. The molecule has 0 spiro atoms. The van der Waals surface area contributed by atoms with Crippen LogP contribution in [0.15, 0.2) is 36.5 Å². The van der Waals surface area contributed by atoms with Gasteiger partial charge in [0.1, 0.15) is 5.15 Å². The summed E-state index contributed by atoms with van der Waals surface area (Å²) < 4.78 is 0. The maximum Gasteiger partial charge on any atom is 0.254 e. The lowest BCUT2D eigenvalue weighted by Crippen LogP contribution is -2.38. The van der Waals surface area contributed by atoms with Gasteiger partial charge in [0, 0.05) is 31.4 Å². The van der Waals surface area contributed by atoms with Gasteiger partial charge in [-0.15, -0.1) is 0 Å². The summed E-state index contributed by atoms with van der Waals surface area (Å²) in [5.74, 6) is 0.0721. The fourth-order valence-corrected chi connectivity index (χ4v) is 3.37. The number of carbonyl (C=O) groups is 1. The molecule has 0 saturated heterocycles. The van der Waals surface area contributed by atoms with E-state index in [1.54, 1.807) is 12.3 Å². The van der Waals surface area contributed by atoms with Crippen molar-refractivity contribution in [1.29, 1.82) is 0 Å². The quantitative estimate of drug-likeness (QED) is 0.647. The number of hydrogen-bond donors (Lipinski definition) is 1. The van der Waals surface area contributed by atoms with Crippen molar-refractivity contribution in [2.75, 3.05) is 13.1 Å². The van der Waals surface area contributed by atoms with E-state index in [1.807, 2.05) is 11.0 Å². The molecule has 0 unspecified atom stereocenters. The third kappa shape index (κ3) is 3.77. The maximum atomic E-state index is 12.6. The first kappa shape index (κ1) is 16.9. The van der Waals surface area contributed by atoms with Gasteiger partial charge in [-0.2, -0.15) is 0 Å². The number of hydrogen-bond acceptors (Lipinski definition) is 3. The van der Waals surface area contributed by atoms with E-state index in [4.69, 9.17) is 17.3 Å². The Morgan fingerprint density at radius 1 is 1.21 bits per heavy atom. The van der Waals surface area contributed by atoms with Crippen molar-refractivity contribution in [3.05, 3.63) is 63.9 Å². The van der Waals surface area contributed by atoms with Gasteiger partial charge < -0.3 is 10.6 Å². The van der Waals surface area contributed by atoms with Gasteiger partial charge in [-0.05, 0) is 48.4 Å². The van der Waals surface area contributed by atoms with Gasteiger partial charge in [-0.3, -0.25) is 4.79 Å². The molecule has 0 bridgehead atoms. The van der Waals surface area contributed by atoms with E-state index >= 15 is 0 Å². The van der Waals surface area contributed by atoms with E-state index in [2.05, 4.69) is 23.2 Å². The fraction of sp³-hybridized carbons (Fsp3) is 0.368. The second-order valence-corrected chi connectivity index (χ2v) is 6.52. The first-order valence-corrected chi connectivity index (χ1v) is 8.77. The van der Waals surface area contributed by atoms with Gasteiger partial charge >= 0.3 is 0 Å². The normalized spacial score (nSPS) is 13.9. The summed E-state index contributed by atoms with van der Waals surface area (Å²) in [6.07, 6.45) is 5.60. The number of nitrogens with zero attached hydrogens (tertiary/aromatic N) is 2. The van der Waals surface area contributed by atoms with Crippen molar-refractivity contribution in [2.45, 2.75) is 32.2 Å². The van der Waals surface area contributed by atoms with Crippen LogP contribution >= 0.6 is 11.6 Å². The van der Waals surface area contributed by atoms with Gasteiger partial charge in [0.05, 0.1) is 0 Å². The van der Waals surface area contributed by atoms with Crippen LogP contribution in [0.25, 0.3) is 0 Å². The SMILES string of the molecule is NCc1ccccc1CCCCN1CCc2cnc(Cl)cc2C1=O. The molecule has 0 radical (unpaired) electrons. The first-order valence-electron chi connectivity index (χ1n) is 8.39. The van der Waals surface area contributed by atoms with E-state index in [0.717, 1.165) is 44.3 Å². The zero-order chi connectivity index (χ0) is 16.9. The predicted molar refractivity (Wildman–Crippen MR) is 96.1 cm³/mol. The number of halogens is 1. The zero-order valence-electron chi connectivity index (χ0n) is 13.7. The third-order valence-electron chi connectivity index (χ3n) is 4.58. The molecular weight excluding hydrogens is 322 g/mol. The lowest BCUT2D eigenvalue weighted by atomic mass is 10.00. The molecule has 2 aromatic rings. The summed E-state index contributed by atoms with van der Waals surface area (Å²) in [5, 5.41) is 0.377. The Morgan fingerprint density at radius 2 is 2.00 bits per heavy atom. The van der Waals surface area contributed by atoms with Crippen LogP contribution in [0, 0.1) is 0 Å². The highest BCUT2D eigenvalue weighted by molar-refractivity contribution is 6.29. The topological polar surface area (TPSA) is 59.2 Å². The van der Waals surface area contributed by atoms with Crippen LogP contribution in [0.5, 0.6) is 0 Å². The van der Waals surface area contributed by atoms with Crippen LogP contribution < -0.4 is 5.73 Å². The van der Waals surface area contributed by atoms with Crippen molar-refractivity contribution >= 4 is 17.5 Å². The monoisotopic (exact) mass is 343 g/mol. The van der Waals surface area contributed by atoms with E-state index in [0.29, 0.717) is 17.3 Å². The molecule has 4 nitrogen and oxygen atoms in total. The Labute approximate surface area is 147 Å². The molecule has 3 rings (SSSR count). The molecule has 24 heavy (non-hydrogen) atoms. The molecule has 0 aliphatic carbocycles. The number of rotatable bonds is 6. The number of fused-ring (bicyclic) bond motifs is 1. The lowest BCUT2D eigenvalue weighted by molar-refractivity contribution is 0.0736. The largest absolute Gasteiger partial charge is 0.338 e. The van der Waals surface area contributed by atoms with Crippen molar-refractivity contribution in [3.63, 3.8) is 0 Å². The molecule has 1 aromatic heterocycles. The first-order chi connectivity index (χ1) is 11.7. The summed E-state index contributed by atoms with van der Waals surface area (Å²) in [5.41, 5.74) is 10.0. The van der Waals surface area contributed by atoms with Crippen molar-refractivity contribution in [2.24, 2.45) is 5.73 Å². The molecule has 5 heteroatoms. The summed E-state index contributed by atoms with van der Waals surface area (Å²) >= 11 is 5.92. The highest BCUT2D eigenvalue weighted by Gasteiger charge is 2.24. The van der Waals surface area contributed by atoms with E-state index < -0.39 is 0 Å². The molecule has 126 valence electrons. The van der Waals surface area contributed by atoms with Crippen molar-refractivity contribution < 1.29 is 4.79 Å². The molecule has 1 amide bonds. The highest BCUT2D eigenvalue weighted by Crippen LogP contribution is 2.21. The van der Waals surface area contributed by atoms with Crippen molar-refractivity contribution in [1.82, 2.24) is 9.88 Å². The Morgan fingerprint density at radius 3 is 2.79 bits per heavy atom. The third-order valence-corrected chi connectivity index (χ3v) is 4.79. The summed E-state index contributed by atoms with van der Waals surface area (Å²) in [7, 11) is 0. The molecule has 0 fully saturated rings. The minimum Gasteiger partial charge on any atom is -0.338 e. The Balaban J connectivity index is 1.53. The number of carbonyl (C=O) groups excluding carboxylic acids is 1. The van der Waals surface area contributed by atoms with Gasteiger partial charge in [0.25, 0.3) is 5.91 Å². The lowest BCUT2D eigenvalue weighted by Gasteiger charge is -2.28. The van der Waals surface area contributed by atoms with Crippen LogP contribution in [0.2, 0.25) is 5.15 Å². The number of nitrogens with two attached hydrogens (primary N) is 1. The molecular formula is C19H22ClN3O. The zero-order valence-corrected chi connectivity index (χ0v) is 14.4. The average molecular weight is 344 g/mol. The molecule has 2 heterocycles. The fourth-order valence-electron chi connectivity index (χ4n) is 3.22. The summed E-state index contributed by atoms with van der Waals surface area (Å²) in [6, 6.07) is 9.98. The van der Waals surface area contributed by atoms with Crippen LogP contribution in [0.1, 0.15) is 39.9 Å². The maximum absolute atomic E-state index is 12.6. The van der Waals surface area contributed by atoms with Gasteiger partial charge in [0.15, 0.2) is 0 Å². The number of aromatic nitrogens is 1. The Bertz CT molecular complexity index is 732. The molecule has 2 N–H and O–H groups in total. The number of amides is 1. The van der Waals surface area contributed by atoms with Crippen LogP contribution in [0.3, 0.4) is 0 Å². The molecule has 1 aliphatic rings. The van der Waals surface area contributed by atoms with Gasteiger partial charge in [-0.25, -0.2) is 4.98 Å². The summed E-state index contributed by atoms with van der Waals surface area (Å²) in [4.78, 5) is 18.5. The Kier molecular flexibility index (Phi) is 5.48. The molecule has 1 aromatic carbocycles. The number of aryl methyl sites for hydroxylation is 1. The molecule has 0 atom stereocenters. The second-order valence-electron chi connectivity index (χ2n) is 6.14. The Hall–Kier alpha value is -1.91. The number of unbranched alkanes of at least 4 members (excludes halogenated alkanes) is 1. The van der Waals surface area contributed by atoms with Gasteiger partial charge in [0.2, 0.25) is 0 Å². The van der Waals surface area contributed by atoms with Crippen molar-refractivity contribution in [3.8, 4) is 0 Å². The van der Waals surface area contributed by atoms with Gasteiger partial charge in [-0.1, -0.05) is 35.9 Å². The van der Waals surface area contributed by atoms with E-state index in [9.17, 15) is 4.79 Å². The smallest absolute Gasteiger partial charge is 0.254 e. The summed E-state index contributed by atoms with van der Waals surface area (Å²) in [6.45, 7) is 2.11. The second kappa shape index (κ2) is 7.77. The minimum absolute atomic E-state index is 0.0721. The molecule has 0 saturated carbocycles. The minimum atomic E-state index is 0.0721. The van der Waals surface area contributed by atoms with Crippen LogP contribution in [-0.2, 0) is 19.4 Å². The van der Waals surface area contributed by atoms with Crippen LogP contribution in [0.4, 0.5) is 0 Å². The standard InChI is InChI=1S/C19H22ClN3O/c20-18-11-17-16(13-22-18)8-10-23(19(17)24)9-4-3-6-14-5-1-2-7-15(14)12-21/h1-2,5,7,11,13H,3-4,6,8-10,12,21H2. The van der Waals surface area contributed by atoms with E-state index in [1.165, 1.54) is 11.1 Å². The van der Waals surface area contributed by atoms with E-state index in [-0.39, 0.29) is 5.91 Å². The predicted octanol–water partition coefficient (Wildman–Crippen LogP) is 3.21. The molecule has 1 aliphatic heterocycles. The average Bonchev–Trinajstić information content (AvgIpc) is 2.61.